The van der Waals surface area contributed by atoms with Gasteiger partial charge in [-0.15, -0.1) is 0 Å². The van der Waals surface area contributed by atoms with E-state index in [0.717, 1.165) is 32.0 Å². The number of benzene rings is 1. The van der Waals surface area contributed by atoms with Crippen LogP contribution in [0.5, 0.6) is 0 Å². The molecule has 132 valence electrons. The fourth-order valence-electron chi connectivity index (χ4n) is 3.14. The first-order valence-corrected chi connectivity index (χ1v) is 8.73. The van der Waals surface area contributed by atoms with Gasteiger partial charge in [-0.05, 0) is 25.0 Å². The topological polar surface area (TPSA) is 66.4 Å². The van der Waals surface area contributed by atoms with Crippen molar-refractivity contribution in [3.05, 3.63) is 45.0 Å². The molecule has 2 fully saturated rings. The first kappa shape index (κ1) is 16.5. The van der Waals surface area contributed by atoms with Gasteiger partial charge in [-0.3, -0.25) is 15.0 Å². The molecule has 1 aromatic heterocycles. The average molecular weight is 365 g/mol. The van der Waals surface area contributed by atoms with Crippen molar-refractivity contribution in [3.63, 3.8) is 0 Å². The zero-order valence-electron chi connectivity index (χ0n) is 13.5. The van der Waals surface area contributed by atoms with Gasteiger partial charge in [-0.2, -0.15) is 0 Å². The number of halogens is 2. The summed E-state index contributed by atoms with van der Waals surface area (Å²) in [6, 6.07) is 2.81. The fraction of sp³-hybridized carbons (Fsp3) is 0.412. The molecule has 1 aliphatic carbocycles. The highest BCUT2D eigenvalue weighted by Gasteiger charge is 2.27. The molecule has 0 bridgehead atoms. The second-order valence-corrected chi connectivity index (χ2v) is 6.88. The molecule has 4 rings (SSSR count). The smallest absolute Gasteiger partial charge is 0.271 e. The number of piperazine rings is 1. The average Bonchev–Trinajstić information content (AvgIpc) is 3.43. The molecule has 6 nitrogen and oxygen atoms in total. The molecule has 0 spiro atoms. The Bertz CT molecular complexity index is 904. The quantitative estimate of drug-likeness (QED) is 0.869. The minimum Gasteiger partial charge on any atom is -0.343 e. The molecular formula is C17H18ClFN4O2. The second kappa shape index (κ2) is 6.40. The van der Waals surface area contributed by atoms with Crippen LogP contribution in [0.3, 0.4) is 0 Å². The third-order valence-corrected chi connectivity index (χ3v) is 4.93. The Labute approximate surface area is 148 Å². The second-order valence-electron chi connectivity index (χ2n) is 6.47. The molecule has 0 atom stereocenters. The summed E-state index contributed by atoms with van der Waals surface area (Å²) in [6.45, 7) is 2.88. The van der Waals surface area contributed by atoms with Gasteiger partial charge in [-0.1, -0.05) is 11.6 Å². The molecule has 1 aliphatic heterocycles. The van der Waals surface area contributed by atoms with Gasteiger partial charge in [0.1, 0.15) is 11.4 Å². The van der Waals surface area contributed by atoms with Crippen LogP contribution in [-0.2, 0) is 0 Å². The number of aromatic nitrogens is 1. The number of carbonyl (C=O) groups excluding carboxylic acids is 1. The van der Waals surface area contributed by atoms with Crippen molar-refractivity contribution in [1.29, 1.82) is 0 Å². The first-order valence-electron chi connectivity index (χ1n) is 8.35. The zero-order valence-corrected chi connectivity index (χ0v) is 14.3. The Morgan fingerprint density at radius 2 is 2.00 bits per heavy atom. The lowest BCUT2D eigenvalue weighted by Crippen LogP contribution is -2.52. The van der Waals surface area contributed by atoms with E-state index < -0.39 is 17.2 Å². The predicted molar refractivity (Wildman–Crippen MR) is 93.4 cm³/mol. The normalized spacial score (nSPS) is 18.5. The SMILES string of the molecule is O=C(NN1CCNCC1)c1cn(C2CC2)c2cc(Cl)c(F)cc2c1=O. The van der Waals surface area contributed by atoms with Crippen LogP contribution in [0.15, 0.2) is 23.1 Å². The number of nitrogens with one attached hydrogen (secondary N) is 2. The molecule has 1 aromatic carbocycles. The summed E-state index contributed by atoms with van der Waals surface area (Å²) in [4.78, 5) is 25.4. The van der Waals surface area contributed by atoms with Gasteiger partial charge in [0.05, 0.1) is 10.5 Å². The molecule has 2 heterocycles. The van der Waals surface area contributed by atoms with E-state index in [0.29, 0.717) is 18.6 Å². The molecule has 1 amide bonds. The van der Waals surface area contributed by atoms with E-state index in [1.165, 1.54) is 6.07 Å². The van der Waals surface area contributed by atoms with E-state index in [1.807, 2.05) is 4.57 Å². The zero-order chi connectivity index (χ0) is 17.6. The molecule has 1 saturated carbocycles. The highest BCUT2D eigenvalue weighted by Crippen LogP contribution is 2.37. The summed E-state index contributed by atoms with van der Waals surface area (Å²) in [6.07, 6.45) is 3.51. The molecule has 25 heavy (non-hydrogen) atoms. The lowest BCUT2D eigenvalue weighted by molar-refractivity contribution is 0.0763. The largest absolute Gasteiger partial charge is 0.343 e. The maximum atomic E-state index is 13.9. The number of hydrogen-bond donors (Lipinski definition) is 2. The summed E-state index contributed by atoms with van der Waals surface area (Å²) >= 11 is 5.89. The van der Waals surface area contributed by atoms with Crippen LogP contribution in [0.25, 0.3) is 10.9 Å². The Balaban J connectivity index is 1.78. The number of hydrogen-bond acceptors (Lipinski definition) is 4. The molecule has 8 heteroatoms. The summed E-state index contributed by atoms with van der Waals surface area (Å²) in [7, 11) is 0. The predicted octanol–water partition coefficient (Wildman–Crippen LogP) is 1.68. The van der Waals surface area contributed by atoms with Crippen molar-refractivity contribution in [2.45, 2.75) is 18.9 Å². The van der Waals surface area contributed by atoms with Gasteiger partial charge in [0.25, 0.3) is 5.91 Å². The minimum atomic E-state index is -0.659. The fourth-order valence-corrected chi connectivity index (χ4v) is 3.30. The Kier molecular flexibility index (Phi) is 4.23. The van der Waals surface area contributed by atoms with Gasteiger partial charge in [0, 0.05) is 43.8 Å². The number of amides is 1. The molecule has 0 radical (unpaired) electrons. The summed E-state index contributed by atoms with van der Waals surface area (Å²) < 4.78 is 15.8. The van der Waals surface area contributed by atoms with Crippen LogP contribution in [0, 0.1) is 5.82 Å². The van der Waals surface area contributed by atoms with E-state index in [1.54, 1.807) is 11.2 Å². The maximum absolute atomic E-state index is 13.9. The standard InChI is InChI=1S/C17H18ClFN4O2/c18-13-8-15-11(7-14(13)19)16(24)12(9-23(15)10-1-2-10)17(25)21-22-5-3-20-4-6-22/h7-10,20H,1-6H2,(H,21,25). The van der Waals surface area contributed by atoms with Crippen molar-refractivity contribution >= 4 is 28.4 Å². The van der Waals surface area contributed by atoms with Gasteiger partial charge in [0.15, 0.2) is 0 Å². The Hall–Kier alpha value is -1.96. The summed E-state index contributed by atoms with van der Waals surface area (Å²) in [5.41, 5.74) is 2.89. The van der Waals surface area contributed by atoms with Gasteiger partial charge < -0.3 is 9.88 Å². The third-order valence-electron chi connectivity index (χ3n) is 4.64. The highest BCUT2D eigenvalue weighted by atomic mass is 35.5. The van der Waals surface area contributed by atoms with Gasteiger partial charge in [-0.25, -0.2) is 9.40 Å². The number of nitrogens with zero attached hydrogens (tertiary/aromatic N) is 2. The van der Waals surface area contributed by atoms with Crippen molar-refractivity contribution in [2.75, 3.05) is 26.2 Å². The van der Waals surface area contributed by atoms with E-state index >= 15 is 0 Å². The van der Waals surface area contributed by atoms with Crippen LogP contribution < -0.4 is 16.2 Å². The minimum absolute atomic E-state index is 0.0275. The third kappa shape index (κ3) is 3.15. The molecule has 1 saturated heterocycles. The van der Waals surface area contributed by atoms with Crippen LogP contribution >= 0.6 is 11.6 Å². The molecule has 2 aromatic rings. The Morgan fingerprint density at radius 1 is 1.28 bits per heavy atom. The number of rotatable bonds is 3. The number of fused-ring (bicyclic) bond motifs is 1. The number of carbonyl (C=O) groups is 1. The molecule has 2 N–H and O–H groups in total. The summed E-state index contributed by atoms with van der Waals surface area (Å²) in [5.74, 6) is -1.12. The monoisotopic (exact) mass is 364 g/mol. The van der Waals surface area contributed by atoms with E-state index in [4.69, 9.17) is 11.6 Å². The first-order chi connectivity index (χ1) is 12.0. The molecule has 0 unspecified atom stereocenters. The van der Waals surface area contributed by atoms with Gasteiger partial charge in [0.2, 0.25) is 5.43 Å². The van der Waals surface area contributed by atoms with Crippen LogP contribution in [-0.4, -0.2) is 41.7 Å². The lowest BCUT2D eigenvalue weighted by atomic mass is 10.1. The van der Waals surface area contributed by atoms with Crippen molar-refractivity contribution in [2.24, 2.45) is 0 Å². The van der Waals surface area contributed by atoms with Gasteiger partial charge >= 0.3 is 0 Å². The van der Waals surface area contributed by atoms with Crippen molar-refractivity contribution in [1.82, 2.24) is 20.3 Å². The van der Waals surface area contributed by atoms with Crippen molar-refractivity contribution in [3.8, 4) is 0 Å². The highest BCUT2D eigenvalue weighted by molar-refractivity contribution is 6.31. The van der Waals surface area contributed by atoms with Crippen LogP contribution in [0.2, 0.25) is 5.02 Å². The van der Waals surface area contributed by atoms with Crippen LogP contribution in [0.4, 0.5) is 4.39 Å². The van der Waals surface area contributed by atoms with E-state index in [2.05, 4.69) is 10.7 Å². The maximum Gasteiger partial charge on any atom is 0.271 e. The Morgan fingerprint density at radius 3 is 2.68 bits per heavy atom. The lowest BCUT2D eigenvalue weighted by Gasteiger charge is -2.27. The van der Waals surface area contributed by atoms with Crippen LogP contribution in [0.1, 0.15) is 29.2 Å². The van der Waals surface area contributed by atoms with E-state index in [-0.39, 0.29) is 22.0 Å². The number of pyridine rings is 1. The molecule has 2 aliphatic rings. The van der Waals surface area contributed by atoms with Crippen molar-refractivity contribution < 1.29 is 9.18 Å². The van der Waals surface area contributed by atoms with E-state index in [9.17, 15) is 14.0 Å². The summed E-state index contributed by atoms with van der Waals surface area (Å²) in [5, 5.41) is 5.13. The number of hydrazine groups is 1. The molecular weight excluding hydrogens is 347 g/mol.